The molecular weight excluding hydrogens is 560 g/mol. The third-order valence-electron chi connectivity index (χ3n) is 7.57. The number of hydrogen-bond donors (Lipinski definition) is 0. The van der Waals surface area contributed by atoms with Crippen LogP contribution < -0.4 is 0 Å². The first kappa shape index (κ1) is 42.8. The van der Waals surface area contributed by atoms with E-state index in [9.17, 15) is 9.59 Å². The second-order valence-corrected chi connectivity index (χ2v) is 11.8. The van der Waals surface area contributed by atoms with E-state index in [-0.39, 0.29) is 18.5 Å². The number of carbonyl (C=O) groups excluding carboxylic acids is 2. The third-order valence-corrected chi connectivity index (χ3v) is 7.57. The smallest absolute Gasteiger partial charge is 0.305 e. The van der Waals surface area contributed by atoms with Gasteiger partial charge in [-0.25, -0.2) is 0 Å². The Labute approximate surface area is 271 Å². The van der Waals surface area contributed by atoms with Crippen molar-refractivity contribution in [3.05, 3.63) is 0 Å². The number of unbranched alkanes of at least 4 members (excludes halogenated alkanes) is 18. The van der Waals surface area contributed by atoms with Crippen molar-refractivity contribution in [1.82, 2.24) is 0 Å². The minimum absolute atomic E-state index is 0.130. The molecule has 0 heterocycles. The first-order chi connectivity index (χ1) is 21.7. The minimum atomic E-state index is -0.144. The van der Waals surface area contributed by atoms with Crippen LogP contribution in [-0.2, 0) is 38.0 Å². The van der Waals surface area contributed by atoms with Gasteiger partial charge in [-0.3, -0.25) is 9.59 Å². The molecule has 0 atom stereocenters. The van der Waals surface area contributed by atoms with Crippen molar-refractivity contribution in [2.24, 2.45) is 0 Å². The van der Waals surface area contributed by atoms with Crippen molar-refractivity contribution in [2.75, 3.05) is 66.1 Å². The molecule has 0 amide bonds. The van der Waals surface area contributed by atoms with Crippen LogP contribution in [0.25, 0.3) is 0 Å². The molecule has 0 aromatic carbocycles. The monoisotopic (exact) mass is 631 g/mol. The van der Waals surface area contributed by atoms with Crippen LogP contribution in [0, 0.1) is 0 Å². The summed E-state index contributed by atoms with van der Waals surface area (Å²) in [5.41, 5.74) is 0. The van der Waals surface area contributed by atoms with Crippen molar-refractivity contribution < 1.29 is 38.0 Å². The van der Waals surface area contributed by atoms with E-state index >= 15 is 0 Å². The lowest BCUT2D eigenvalue weighted by molar-refractivity contribution is -0.146. The summed E-state index contributed by atoms with van der Waals surface area (Å²) in [6.07, 6.45) is 26.4. The van der Waals surface area contributed by atoms with Crippen LogP contribution >= 0.6 is 0 Å². The average molecular weight is 631 g/mol. The quantitative estimate of drug-likeness (QED) is 0.0497. The first-order valence-electron chi connectivity index (χ1n) is 18.3. The standard InChI is InChI=1S/C36H70O8/c1-3-5-7-9-10-11-12-13-14-15-16-17-18-20-22-24-36(38)44-34-32-42-30-28-40-26-25-39-27-29-41-31-33-43-35(37)23-21-19-8-6-4-2/h3-34H2,1-2H3. The molecule has 0 aliphatic rings. The highest BCUT2D eigenvalue weighted by atomic mass is 16.6. The summed E-state index contributed by atoms with van der Waals surface area (Å²) in [7, 11) is 0. The van der Waals surface area contributed by atoms with Crippen LogP contribution in [0.1, 0.15) is 155 Å². The molecule has 0 aromatic heterocycles. The van der Waals surface area contributed by atoms with Gasteiger partial charge < -0.3 is 28.4 Å². The van der Waals surface area contributed by atoms with Crippen LogP contribution in [0.4, 0.5) is 0 Å². The fourth-order valence-electron chi connectivity index (χ4n) is 4.85. The Morgan fingerprint density at radius 2 is 0.545 bits per heavy atom. The summed E-state index contributed by atoms with van der Waals surface area (Å²) in [5, 5.41) is 0. The zero-order chi connectivity index (χ0) is 32.0. The second-order valence-electron chi connectivity index (χ2n) is 11.8. The lowest BCUT2D eigenvalue weighted by atomic mass is 10.0. The Hall–Kier alpha value is -1.22. The van der Waals surface area contributed by atoms with Crippen molar-refractivity contribution in [3.63, 3.8) is 0 Å². The largest absolute Gasteiger partial charge is 0.463 e. The van der Waals surface area contributed by atoms with E-state index in [0.717, 1.165) is 25.7 Å². The van der Waals surface area contributed by atoms with E-state index in [1.165, 1.54) is 103 Å². The number of hydrogen-bond acceptors (Lipinski definition) is 8. The maximum atomic E-state index is 11.9. The van der Waals surface area contributed by atoms with Crippen LogP contribution in [0.2, 0.25) is 0 Å². The highest BCUT2D eigenvalue weighted by Crippen LogP contribution is 2.14. The molecule has 0 aromatic rings. The predicted octanol–water partition coefficient (Wildman–Crippen LogP) is 8.76. The van der Waals surface area contributed by atoms with E-state index in [4.69, 9.17) is 28.4 Å². The Kier molecular flexibility index (Phi) is 36.9. The summed E-state index contributed by atoms with van der Waals surface area (Å²) in [4.78, 5) is 23.5. The van der Waals surface area contributed by atoms with Gasteiger partial charge in [-0.1, -0.05) is 129 Å². The molecule has 44 heavy (non-hydrogen) atoms. The molecule has 0 saturated heterocycles. The second kappa shape index (κ2) is 38.0. The maximum Gasteiger partial charge on any atom is 0.305 e. The van der Waals surface area contributed by atoms with Gasteiger partial charge in [0.05, 0.1) is 52.9 Å². The van der Waals surface area contributed by atoms with Crippen molar-refractivity contribution in [2.45, 2.75) is 155 Å². The van der Waals surface area contributed by atoms with Crippen molar-refractivity contribution in [1.29, 1.82) is 0 Å². The molecule has 262 valence electrons. The molecule has 0 spiro atoms. The summed E-state index contributed by atoms with van der Waals surface area (Å²) in [5.74, 6) is -0.274. The van der Waals surface area contributed by atoms with Crippen LogP contribution in [0.5, 0.6) is 0 Å². The van der Waals surface area contributed by atoms with Gasteiger partial charge in [-0.15, -0.1) is 0 Å². The molecule has 8 heteroatoms. The lowest BCUT2D eigenvalue weighted by Crippen LogP contribution is -2.15. The van der Waals surface area contributed by atoms with Gasteiger partial charge in [-0.05, 0) is 12.8 Å². The SMILES string of the molecule is CCCCCCCCCCCCCCCCCC(=O)OCCOCCOCCOCCOCCOC(=O)CCCCCCC. The number of ether oxygens (including phenoxy) is 6. The van der Waals surface area contributed by atoms with Crippen molar-refractivity contribution in [3.8, 4) is 0 Å². The van der Waals surface area contributed by atoms with Crippen LogP contribution in [-0.4, -0.2) is 78.0 Å². The molecular formula is C36H70O8. The van der Waals surface area contributed by atoms with E-state index in [1.807, 2.05) is 0 Å². The zero-order valence-corrected chi connectivity index (χ0v) is 28.9. The molecule has 0 bridgehead atoms. The topological polar surface area (TPSA) is 89.5 Å². The molecule has 0 fully saturated rings. The number of esters is 2. The molecule has 0 radical (unpaired) electrons. The molecule has 0 N–H and O–H groups in total. The van der Waals surface area contributed by atoms with E-state index in [1.54, 1.807) is 0 Å². The van der Waals surface area contributed by atoms with E-state index in [0.29, 0.717) is 72.3 Å². The maximum absolute atomic E-state index is 11.9. The molecule has 8 nitrogen and oxygen atoms in total. The molecule has 0 saturated carbocycles. The van der Waals surface area contributed by atoms with E-state index in [2.05, 4.69) is 13.8 Å². The molecule has 0 aliphatic heterocycles. The first-order valence-corrected chi connectivity index (χ1v) is 18.3. The lowest BCUT2D eigenvalue weighted by Gasteiger charge is -2.08. The van der Waals surface area contributed by atoms with Gasteiger partial charge >= 0.3 is 11.9 Å². The minimum Gasteiger partial charge on any atom is -0.463 e. The summed E-state index contributed by atoms with van der Waals surface area (Å²) in [6.45, 7) is 8.60. The van der Waals surface area contributed by atoms with Crippen molar-refractivity contribution >= 4 is 11.9 Å². The summed E-state index contributed by atoms with van der Waals surface area (Å²) < 4.78 is 32.2. The molecule has 0 rings (SSSR count). The van der Waals surface area contributed by atoms with Gasteiger partial charge in [-0.2, -0.15) is 0 Å². The Bertz CT molecular complexity index is 586. The van der Waals surface area contributed by atoms with Gasteiger partial charge in [0, 0.05) is 12.8 Å². The zero-order valence-electron chi connectivity index (χ0n) is 28.9. The van der Waals surface area contributed by atoms with Gasteiger partial charge in [0.1, 0.15) is 13.2 Å². The highest BCUT2D eigenvalue weighted by molar-refractivity contribution is 5.69. The highest BCUT2D eigenvalue weighted by Gasteiger charge is 2.04. The predicted molar refractivity (Wildman–Crippen MR) is 178 cm³/mol. The fraction of sp³-hybridized carbons (Fsp3) is 0.944. The Balaban J connectivity index is 3.19. The van der Waals surface area contributed by atoms with Gasteiger partial charge in [0.15, 0.2) is 0 Å². The fourth-order valence-corrected chi connectivity index (χ4v) is 4.85. The molecule has 0 aliphatic carbocycles. The van der Waals surface area contributed by atoms with Gasteiger partial charge in [0.25, 0.3) is 0 Å². The Morgan fingerprint density at radius 1 is 0.318 bits per heavy atom. The summed E-state index contributed by atoms with van der Waals surface area (Å²) >= 11 is 0. The average Bonchev–Trinajstić information content (AvgIpc) is 3.02. The number of rotatable bonds is 37. The molecule has 0 unspecified atom stereocenters. The normalized spacial score (nSPS) is 11.2. The van der Waals surface area contributed by atoms with E-state index < -0.39 is 0 Å². The van der Waals surface area contributed by atoms with Crippen LogP contribution in [0.3, 0.4) is 0 Å². The van der Waals surface area contributed by atoms with Gasteiger partial charge in [0.2, 0.25) is 0 Å². The third kappa shape index (κ3) is 37.0. The Morgan fingerprint density at radius 3 is 0.818 bits per heavy atom. The summed E-state index contributed by atoms with van der Waals surface area (Å²) in [6, 6.07) is 0. The van der Waals surface area contributed by atoms with Crippen LogP contribution in [0.15, 0.2) is 0 Å². The number of carbonyl (C=O) groups is 2.